The van der Waals surface area contributed by atoms with Gasteiger partial charge < -0.3 is 4.98 Å². The Hall–Kier alpha value is -2.08. The van der Waals surface area contributed by atoms with Gasteiger partial charge in [-0.2, -0.15) is 0 Å². The summed E-state index contributed by atoms with van der Waals surface area (Å²) in [7, 11) is 0. The molecule has 62 valence electrons. The first kappa shape index (κ1) is 7.56. The summed E-state index contributed by atoms with van der Waals surface area (Å²) >= 11 is 0. The average molecular weight is 170 g/mol. The fraction of sp³-hybridized carbons (Fsp3) is 0. The van der Waals surface area contributed by atoms with Crippen LogP contribution in [-0.2, 0) is 0 Å². The average Bonchev–Trinajstić information content (AvgIpc) is 2.17. The Morgan fingerprint density at radius 1 is 1.46 bits per heavy atom. The number of nitrogens with one attached hydrogen (secondary N) is 1. The molecule has 0 aliphatic heterocycles. The maximum absolute atomic E-state index is 11.4. The molecule has 0 unspecified atom stereocenters. The first-order valence-electron chi connectivity index (χ1n) is 3.76. The zero-order chi connectivity index (χ0) is 9.26. The number of fused-ring (bicyclic) bond motifs is 1. The van der Waals surface area contributed by atoms with Crippen molar-refractivity contribution in [3.8, 4) is 12.3 Å². The Morgan fingerprint density at radius 3 is 3.08 bits per heavy atom. The highest BCUT2D eigenvalue weighted by Crippen LogP contribution is 2.09. The van der Waals surface area contributed by atoms with Crippen molar-refractivity contribution < 1.29 is 0 Å². The lowest BCUT2D eigenvalue weighted by molar-refractivity contribution is 1.17. The highest BCUT2D eigenvalue weighted by Gasteiger charge is 2.02. The van der Waals surface area contributed by atoms with E-state index in [-0.39, 0.29) is 5.56 Å². The van der Waals surface area contributed by atoms with E-state index in [1.165, 1.54) is 6.33 Å². The second-order valence-corrected chi connectivity index (χ2v) is 2.58. The van der Waals surface area contributed by atoms with Crippen LogP contribution in [0.15, 0.2) is 29.3 Å². The SMILES string of the molecule is C#Cc1cccc2nc[nH]c(=O)c12. The standard InChI is InChI=1S/C10H6N2O/c1-2-7-4-3-5-8-9(7)10(13)12-6-11-8/h1,3-6H,(H,11,12,13). The minimum atomic E-state index is -0.196. The van der Waals surface area contributed by atoms with Gasteiger partial charge in [0, 0.05) is 5.56 Å². The maximum Gasteiger partial charge on any atom is 0.259 e. The van der Waals surface area contributed by atoms with Gasteiger partial charge in [0.25, 0.3) is 5.56 Å². The summed E-state index contributed by atoms with van der Waals surface area (Å²) < 4.78 is 0. The van der Waals surface area contributed by atoms with Crippen LogP contribution in [0.3, 0.4) is 0 Å². The molecule has 0 fully saturated rings. The molecular formula is C10H6N2O. The summed E-state index contributed by atoms with van der Waals surface area (Å²) in [6.45, 7) is 0. The number of H-pyrrole nitrogens is 1. The van der Waals surface area contributed by atoms with Crippen molar-refractivity contribution >= 4 is 10.9 Å². The molecule has 1 aromatic heterocycles. The molecule has 0 saturated heterocycles. The zero-order valence-electron chi connectivity index (χ0n) is 6.74. The maximum atomic E-state index is 11.4. The summed E-state index contributed by atoms with van der Waals surface area (Å²) in [5.74, 6) is 2.45. The highest BCUT2D eigenvalue weighted by atomic mass is 16.1. The lowest BCUT2D eigenvalue weighted by Gasteiger charge is -1.96. The monoisotopic (exact) mass is 170 g/mol. The topological polar surface area (TPSA) is 45.8 Å². The van der Waals surface area contributed by atoms with Gasteiger partial charge in [-0.25, -0.2) is 4.98 Å². The van der Waals surface area contributed by atoms with Crippen molar-refractivity contribution in [3.05, 3.63) is 40.4 Å². The molecule has 0 radical (unpaired) electrons. The van der Waals surface area contributed by atoms with Gasteiger partial charge in [-0.3, -0.25) is 4.79 Å². The van der Waals surface area contributed by atoms with Gasteiger partial charge >= 0.3 is 0 Å². The van der Waals surface area contributed by atoms with Crippen LogP contribution in [-0.4, -0.2) is 9.97 Å². The van der Waals surface area contributed by atoms with E-state index in [1.54, 1.807) is 18.2 Å². The smallest absolute Gasteiger partial charge is 0.259 e. The van der Waals surface area contributed by atoms with Gasteiger partial charge in [0.2, 0.25) is 0 Å². The largest absolute Gasteiger partial charge is 0.313 e. The number of nitrogens with zero attached hydrogens (tertiary/aromatic N) is 1. The predicted octanol–water partition coefficient (Wildman–Crippen LogP) is 0.904. The van der Waals surface area contributed by atoms with Crippen LogP contribution in [0, 0.1) is 12.3 Å². The summed E-state index contributed by atoms with van der Waals surface area (Å²) in [5, 5.41) is 0.479. The summed E-state index contributed by atoms with van der Waals surface area (Å²) in [6.07, 6.45) is 6.62. The van der Waals surface area contributed by atoms with E-state index in [4.69, 9.17) is 6.42 Å². The van der Waals surface area contributed by atoms with E-state index < -0.39 is 0 Å². The number of hydrogen-bond donors (Lipinski definition) is 1. The van der Waals surface area contributed by atoms with Crippen LogP contribution in [0.4, 0.5) is 0 Å². The van der Waals surface area contributed by atoms with Gasteiger partial charge in [-0.05, 0) is 12.1 Å². The van der Waals surface area contributed by atoms with E-state index in [2.05, 4.69) is 15.9 Å². The number of aromatic nitrogens is 2. The van der Waals surface area contributed by atoms with Crippen LogP contribution in [0.2, 0.25) is 0 Å². The molecule has 2 rings (SSSR count). The summed E-state index contributed by atoms with van der Waals surface area (Å²) in [6, 6.07) is 5.26. The molecule has 1 aromatic carbocycles. The summed E-state index contributed by atoms with van der Waals surface area (Å²) in [4.78, 5) is 17.9. The van der Waals surface area contributed by atoms with E-state index in [0.717, 1.165) is 0 Å². The Bertz CT molecular complexity index is 543. The van der Waals surface area contributed by atoms with Crippen molar-refractivity contribution in [1.82, 2.24) is 9.97 Å². The second-order valence-electron chi connectivity index (χ2n) is 2.58. The second kappa shape index (κ2) is 2.76. The normalized spacial score (nSPS) is 9.77. The lowest BCUT2D eigenvalue weighted by atomic mass is 10.1. The van der Waals surface area contributed by atoms with Crippen LogP contribution >= 0.6 is 0 Å². The minimum absolute atomic E-state index is 0.196. The molecule has 0 aliphatic rings. The minimum Gasteiger partial charge on any atom is -0.313 e. The van der Waals surface area contributed by atoms with Gasteiger partial charge in [0.15, 0.2) is 0 Å². The van der Waals surface area contributed by atoms with Crippen LogP contribution in [0.5, 0.6) is 0 Å². The number of hydrogen-bond acceptors (Lipinski definition) is 2. The summed E-state index contributed by atoms with van der Waals surface area (Å²) in [5.41, 5.74) is 1.00. The molecule has 0 spiro atoms. The quantitative estimate of drug-likeness (QED) is 0.597. The molecule has 0 amide bonds. The molecule has 3 nitrogen and oxygen atoms in total. The molecule has 0 aliphatic carbocycles. The van der Waals surface area contributed by atoms with Gasteiger partial charge in [0.05, 0.1) is 17.2 Å². The van der Waals surface area contributed by atoms with E-state index in [1.807, 2.05) is 0 Å². The Labute approximate surface area is 74.4 Å². The fourth-order valence-corrected chi connectivity index (χ4v) is 1.24. The van der Waals surface area contributed by atoms with Crippen LogP contribution < -0.4 is 5.56 Å². The third kappa shape index (κ3) is 1.09. The molecule has 0 atom stereocenters. The molecule has 2 aromatic rings. The molecule has 1 heterocycles. The van der Waals surface area contributed by atoms with Gasteiger partial charge in [-0.15, -0.1) is 6.42 Å². The first-order valence-corrected chi connectivity index (χ1v) is 3.76. The molecule has 1 N–H and O–H groups in total. The zero-order valence-corrected chi connectivity index (χ0v) is 6.74. The highest BCUT2D eigenvalue weighted by molar-refractivity contribution is 5.83. The molecule has 3 heteroatoms. The predicted molar refractivity (Wildman–Crippen MR) is 50.3 cm³/mol. The van der Waals surface area contributed by atoms with Crippen LogP contribution in [0.25, 0.3) is 10.9 Å². The van der Waals surface area contributed by atoms with Crippen molar-refractivity contribution in [3.63, 3.8) is 0 Å². The number of benzene rings is 1. The first-order chi connectivity index (χ1) is 6.33. The Balaban J connectivity index is 3.06. The number of terminal acetylenes is 1. The third-order valence-electron chi connectivity index (χ3n) is 1.82. The van der Waals surface area contributed by atoms with Crippen molar-refractivity contribution in [2.24, 2.45) is 0 Å². The van der Waals surface area contributed by atoms with E-state index >= 15 is 0 Å². The van der Waals surface area contributed by atoms with E-state index in [0.29, 0.717) is 16.5 Å². The Kier molecular flexibility index (Phi) is 1.60. The van der Waals surface area contributed by atoms with E-state index in [9.17, 15) is 4.79 Å². The van der Waals surface area contributed by atoms with Crippen molar-refractivity contribution in [1.29, 1.82) is 0 Å². The Morgan fingerprint density at radius 2 is 2.31 bits per heavy atom. The van der Waals surface area contributed by atoms with Crippen molar-refractivity contribution in [2.45, 2.75) is 0 Å². The fourth-order valence-electron chi connectivity index (χ4n) is 1.24. The number of aromatic amines is 1. The van der Waals surface area contributed by atoms with Crippen molar-refractivity contribution in [2.75, 3.05) is 0 Å². The molecule has 0 saturated carbocycles. The van der Waals surface area contributed by atoms with Gasteiger partial charge in [0.1, 0.15) is 0 Å². The molecule has 13 heavy (non-hydrogen) atoms. The molecular weight excluding hydrogens is 164 g/mol. The number of rotatable bonds is 0. The third-order valence-corrected chi connectivity index (χ3v) is 1.82. The molecule has 0 bridgehead atoms. The van der Waals surface area contributed by atoms with Gasteiger partial charge in [-0.1, -0.05) is 12.0 Å². The van der Waals surface area contributed by atoms with Crippen LogP contribution in [0.1, 0.15) is 5.56 Å². The lowest BCUT2D eigenvalue weighted by Crippen LogP contribution is -2.07.